The van der Waals surface area contributed by atoms with E-state index in [0.29, 0.717) is 18.4 Å². The molecule has 0 N–H and O–H groups in total. The van der Waals surface area contributed by atoms with E-state index in [2.05, 4.69) is 0 Å². The Balaban J connectivity index is 1.91. The van der Waals surface area contributed by atoms with Crippen molar-refractivity contribution in [2.75, 3.05) is 13.2 Å². The second-order valence-electron chi connectivity index (χ2n) is 6.65. The molecule has 0 spiro atoms. The molecule has 0 aromatic heterocycles. The third-order valence-electron chi connectivity index (χ3n) is 5.11. The molecule has 0 radical (unpaired) electrons. The smallest absolute Gasteiger partial charge is 0.332 e. The highest BCUT2D eigenvalue weighted by Gasteiger charge is 2.53. The lowest BCUT2D eigenvalue weighted by Gasteiger charge is -2.38. The van der Waals surface area contributed by atoms with Gasteiger partial charge in [-0.2, -0.15) is 0 Å². The van der Waals surface area contributed by atoms with Crippen LogP contribution in [0.15, 0.2) is 18.2 Å². The van der Waals surface area contributed by atoms with E-state index in [9.17, 15) is 18.1 Å². The first-order valence-corrected chi connectivity index (χ1v) is 10.7. The van der Waals surface area contributed by atoms with Crippen LogP contribution in [0.2, 0.25) is 0 Å². The van der Waals surface area contributed by atoms with Crippen LogP contribution >= 0.6 is 7.60 Å². The van der Waals surface area contributed by atoms with Gasteiger partial charge < -0.3 is 13.9 Å². The zero-order valence-electron chi connectivity index (χ0n) is 15.0. The molecular weight excluding hydrogens is 363 g/mol. The fourth-order valence-corrected chi connectivity index (χ4v) is 6.12. The van der Waals surface area contributed by atoms with Gasteiger partial charge in [-0.15, -0.1) is 0 Å². The minimum Gasteiger partial charge on any atom is -0.332 e. The average molecular weight is 387 g/mol. The molecule has 5 nitrogen and oxygen atoms in total. The Labute approximate surface area is 152 Å². The van der Waals surface area contributed by atoms with Crippen LogP contribution in [0.25, 0.3) is 0 Å². The topological polar surface area (TPSA) is 55.8 Å². The summed E-state index contributed by atoms with van der Waals surface area (Å²) in [5.74, 6) is -2.12. The molecular formula is C18H24F2NO4P. The van der Waals surface area contributed by atoms with Crippen LogP contribution in [0.1, 0.15) is 51.1 Å². The van der Waals surface area contributed by atoms with Gasteiger partial charge in [0.05, 0.1) is 19.3 Å². The van der Waals surface area contributed by atoms with E-state index >= 15 is 0 Å². The van der Waals surface area contributed by atoms with Crippen molar-refractivity contribution in [1.29, 1.82) is 0 Å². The molecule has 1 aromatic rings. The Morgan fingerprint density at radius 2 is 1.85 bits per heavy atom. The van der Waals surface area contributed by atoms with Gasteiger partial charge in [0.2, 0.25) is 5.91 Å². The minimum absolute atomic E-state index is 0.0893. The first-order chi connectivity index (χ1) is 12.4. The maximum atomic E-state index is 13.7. The van der Waals surface area contributed by atoms with Gasteiger partial charge in [-0.1, -0.05) is 6.07 Å². The molecule has 2 heterocycles. The molecule has 0 aliphatic carbocycles. The highest BCUT2D eigenvalue weighted by atomic mass is 31.2. The number of hydrogen-bond donors (Lipinski definition) is 0. The Morgan fingerprint density at radius 3 is 2.46 bits per heavy atom. The average Bonchev–Trinajstić information content (AvgIpc) is 2.96. The minimum atomic E-state index is -3.56. The van der Waals surface area contributed by atoms with Crippen molar-refractivity contribution in [3.63, 3.8) is 0 Å². The molecule has 2 saturated heterocycles. The lowest BCUT2D eigenvalue weighted by atomic mass is 9.92. The van der Waals surface area contributed by atoms with Crippen LogP contribution in [0.3, 0.4) is 0 Å². The van der Waals surface area contributed by atoms with Crippen molar-refractivity contribution >= 4 is 13.5 Å². The normalized spacial score (nSPS) is 26.2. The first kappa shape index (κ1) is 19.5. The van der Waals surface area contributed by atoms with E-state index in [-0.39, 0.29) is 31.2 Å². The zero-order chi connectivity index (χ0) is 18.9. The SMILES string of the molecule is CCOP(=O)(OCC)C1CC2CCCC(c3ccc(F)c(F)c3)N2C1=O. The monoisotopic (exact) mass is 387 g/mol. The summed E-state index contributed by atoms with van der Waals surface area (Å²) in [4.78, 5) is 14.8. The number of amides is 1. The number of carbonyl (C=O) groups is 1. The second-order valence-corrected chi connectivity index (χ2v) is 8.87. The summed E-state index contributed by atoms with van der Waals surface area (Å²) in [5, 5.41) is 0. The van der Waals surface area contributed by atoms with Gasteiger partial charge in [0.15, 0.2) is 11.6 Å². The van der Waals surface area contributed by atoms with Crippen LogP contribution in [-0.4, -0.2) is 35.7 Å². The van der Waals surface area contributed by atoms with E-state index in [0.717, 1.165) is 25.0 Å². The quantitative estimate of drug-likeness (QED) is 0.678. The molecule has 2 fully saturated rings. The van der Waals surface area contributed by atoms with E-state index in [1.807, 2.05) is 0 Å². The van der Waals surface area contributed by atoms with Crippen LogP contribution < -0.4 is 0 Å². The number of hydrogen-bond acceptors (Lipinski definition) is 4. The second kappa shape index (κ2) is 7.75. The summed E-state index contributed by atoms with van der Waals surface area (Å²) < 4.78 is 50.8. The Hall–Kier alpha value is -1.30. The highest BCUT2D eigenvalue weighted by molar-refractivity contribution is 7.55. The highest BCUT2D eigenvalue weighted by Crippen LogP contribution is 2.59. The summed E-state index contributed by atoms with van der Waals surface area (Å²) in [7, 11) is -3.56. The van der Waals surface area contributed by atoms with Gasteiger partial charge in [-0.25, -0.2) is 8.78 Å². The number of rotatable bonds is 6. The number of benzene rings is 1. The van der Waals surface area contributed by atoms with Crippen LogP contribution in [0.4, 0.5) is 8.78 Å². The first-order valence-electron chi connectivity index (χ1n) is 9.07. The summed E-state index contributed by atoms with van der Waals surface area (Å²) >= 11 is 0. The number of nitrogens with zero attached hydrogens (tertiary/aromatic N) is 1. The molecule has 1 amide bonds. The molecule has 144 valence electrons. The lowest BCUT2D eigenvalue weighted by Crippen LogP contribution is -2.41. The summed E-state index contributed by atoms with van der Waals surface area (Å²) in [6, 6.07) is 3.30. The van der Waals surface area contributed by atoms with Crippen molar-refractivity contribution in [3.05, 3.63) is 35.4 Å². The van der Waals surface area contributed by atoms with Crippen LogP contribution in [0, 0.1) is 11.6 Å². The maximum Gasteiger partial charge on any atom is 0.343 e. The predicted molar refractivity (Wildman–Crippen MR) is 92.8 cm³/mol. The van der Waals surface area contributed by atoms with Gasteiger partial charge in [0.25, 0.3) is 0 Å². The Morgan fingerprint density at radius 1 is 1.15 bits per heavy atom. The molecule has 0 saturated carbocycles. The predicted octanol–water partition coefficient (Wildman–Crippen LogP) is 4.43. The van der Waals surface area contributed by atoms with Gasteiger partial charge in [-0.3, -0.25) is 9.36 Å². The number of halogens is 2. The van der Waals surface area contributed by atoms with Gasteiger partial charge in [0, 0.05) is 6.04 Å². The fraction of sp³-hybridized carbons (Fsp3) is 0.611. The molecule has 26 heavy (non-hydrogen) atoms. The molecule has 3 atom stereocenters. The van der Waals surface area contributed by atoms with E-state index in [1.165, 1.54) is 6.07 Å². The number of fused-ring (bicyclic) bond motifs is 1. The Kier molecular flexibility index (Phi) is 5.80. The summed E-state index contributed by atoms with van der Waals surface area (Å²) in [5.41, 5.74) is -0.274. The van der Waals surface area contributed by atoms with E-state index in [1.54, 1.807) is 18.7 Å². The van der Waals surface area contributed by atoms with Crippen LogP contribution in [-0.2, 0) is 18.4 Å². The van der Waals surface area contributed by atoms with Crippen molar-refractivity contribution < 1.29 is 27.2 Å². The third kappa shape index (κ3) is 3.45. The lowest BCUT2D eigenvalue weighted by molar-refractivity contribution is -0.132. The fourth-order valence-electron chi connectivity index (χ4n) is 4.06. The summed E-state index contributed by atoms with van der Waals surface area (Å²) in [6.07, 6.45) is 2.71. The van der Waals surface area contributed by atoms with Gasteiger partial charge >= 0.3 is 7.60 Å². The molecule has 2 aliphatic rings. The van der Waals surface area contributed by atoms with Crippen molar-refractivity contribution in [3.8, 4) is 0 Å². The molecule has 2 aliphatic heterocycles. The maximum absolute atomic E-state index is 13.7. The van der Waals surface area contributed by atoms with Gasteiger partial charge in [-0.05, 0) is 57.2 Å². The standard InChI is InChI=1S/C18H24F2NO4P/c1-3-24-26(23,25-4-2)17-11-13-6-5-7-16(21(13)18(17)22)12-8-9-14(19)15(20)10-12/h8-10,13,16-17H,3-7,11H2,1-2H3. The molecule has 8 heteroatoms. The van der Waals surface area contributed by atoms with Crippen molar-refractivity contribution in [2.24, 2.45) is 0 Å². The Bertz CT molecular complexity index is 719. The molecule has 1 aromatic carbocycles. The number of carbonyl (C=O) groups excluding carboxylic acids is 1. The molecule has 3 unspecified atom stereocenters. The molecule has 3 rings (SSSR count). The van der Waals surface area contributed by atoms with E-state index in [4.69, 9.17) is 9.05 Å². The number of piperidine rings is 1. The van der Waals surface area contributed by atoms with Gasteiger partial charge in [0.1, 0.15) is 5.66 Å². The third-order valence-corrected chi connectivity index (χ3v) is 7.54. The van der Waals surface area contributed by atoms with Crippen molar-refractivity contribution in [2.45, 2.75) is 57.3 Å². The summed E-state index contributed by atoms with van der Waals surface area (Å²) in [6.45, 7) is 3.81. The molecule has 0 bridgehead atoms. The largest absolute Gasteiger partial charge is 0.343 e. The zero-order valence-corrected chi connectivity index (χ0v) is 15.9. The van der Waals surface area contributed by atoms with E-state index < -0.39 is 24.9 Å². The van der Waals surface area contributed by atoms with Crippen LogP contribution in [0.5, 0.6) is 0 Å². The van der Waals surface area contributed by atoms with Crippen molar-refractivity contribution in [1.82, 2.24) is 4.90 Å².